The molecule has 0 saturated heterocycles. The Labute approximate surface area is 171 Å². The van der Waals surface area contributed by atoms with Crippen molar-refractivity contribution in [1.29, 1.82) is 0 Å². The Balaban J connectivity index is 1.83. The van der Waals surface area contributed by atoms with Crippen LogP contribution in [0.3, 0.4) is 0 Å². The minimum atomic E-state index is -4.56. The first-order valence-corrected chi connectivity index (χ1v) is 10.3. The summed E-state index contributed by atoms with van der Waals surface area (Å²) >= 11 is 0. The predicted molar refractivity (Wildman–Crippen MR) is 107 cm³/mol. The highest BCUT2D eigenvalue weighted by Gasteiger charge is 2.31. The molecule has 1 amide bonds. The first-order valence-electron chi connectivity index (χ1n) is 8.78. The first kappa shape index (κ1) is 21.5. The Kier molecular flexibility index (Phi) is 6.23. The molecule has 0 unspecified atom stereocenters. The van der Waals surface area contributed by atoms with Crippen LogP contribution in [0.4, 0.5) is 18.9 Å². The van der Waals surface area contributed by atoms with E-state index in [2.05, 4.69) is 10.0 Å². The summed E-state index contributed by atoms with van der Waals surface area (Å²) in [4.78, 5) is 11.8. The second kappa shape index (κ2) is 8.68. The Morgan fingerprint density at radius 2 is 1.53 bits per heavy atom. The lowest BCUT2D eigenvalue weighted by Gasteiger charge is -2.13. The lowest BCUT2D eigenvalue weighted by Crippen LogP contribution is -2.33. The van der Waals surface area contributed by atoms with Crippen molar-refractivity contribution in [2.45, 2.75) is 11.1 Å². The van der Waals surface area contributed by atoms with Crippen molar-refractivity contribution >= 4 is 21.6 Å². The Morgan fingerprint density at radius 3 is 2.23 bits per heavy atom. The van der Waals surface area contributed by atoms with E-state index in [9.17, 15) is 26.4 Å². The number of hydrogen-bond acceptors (Lipinski definition) is 3. The highest BCUT2D eigenvalue weighted by Crippen LogP contribution is 2.34. The van der Waals surface area contributed by atoms with E-state index >= 15 is 0 Å². The van der Waals surface area contributed by atoms with Crippen molar-refractivity contribution in [3.63, 3.8) is 0 Å². The molecule has 2 N–H and O–H groups in total. The van der Waals surface area contributed by atoms with Gasteiger partial charge in [0.05, 0.1) is 17.0 Å². The van der Waals surface area contributed by atoms with Gasteiger partial charge in [0, 0.05) is 11.3 Å². The average Bonchev–Trinajstić information content (AvgIpc) is 2.73. The summed E-state index contributed by atoms with van der Waals surface area (Å²) in [6.07, 6.45) is -4.56. The number of rotatable bonds is 6. The van der Waals surface area contributed by atoms with Gasteiger partial charge in [-0.25, -0.2) is 13.1 Å². The van der Waals surface area contributed by atoms with Crippen LogP contribution in [0.25, 0.3) is 11.1 Å². The highest BCUT2D eigenvalue weighted by molar-refractivity contribution is 7.89. The van der Waals surface area contributed by atoms with E-state index in [0.29, 0.717) is 5.69 Å². The summed E-state index contributed by atoms with van der Waals surface area (Å²) < 4.78 is 66.8. The molecule has 3 rings (SSSR count). The number of alkyl halides is 3. The second-order valence-electron chi connectivity index (χ2n) is 6.31. The average molecular weight is 434 g/mol. The maximum atomic E-state index is 13.0. The predicted octanol–water partition coefficient (Wildman–Crippen LogP) is 4.29. The topological polar surface area (TPSA) is 75.3 Å². The van der Waals surface area contributed by atoms with Crippen LogP contribution in [-0.2, 0) is 21.0 Å². The number of para-hydroxylation sites is 1. The Hall–Kier alpha value is -3.17. The molecule has 0 fully saturated rings. The molecule has 0 aromatic heterocycles. The second-order valence-corrected chi connectivity index (χ2v) is 8.05. The van der Waals surface area contributed by atoms with Gasteiger partial charge in [-0.1, -0.05) is 48.5 Å². The van der Waals surface area contributed by atoms with Gasteiger partial charge in [-0.15, -0.1) is 0 Å². The molecule has 0 radical (unpaired) electrons. The maximum absolute atomic E-state index is 13.0. The van der Waals surface area contributed by atoms with Crippen LogP contribution in [0.1, 0.15) is 5.56 Å². The van der Waals surface area contributed by atoms with Crippen molar-refractivity contribution in [1.82, 2.24) is 4.72 Å². The van der Waals surface area contributed by atoms with Crippen LogP contribution in [0.2, 0.25) is 0 Å². The van der Waals surface area contributed by atoms with Gasteiger partial charge in [-0.05, 0) is 35.9 Å². The number of amides is 1. The van der Waals surface area contributed by atoms with Crippen LogP contribution < -0.4 is 10.0 Å². The molecule has 0 aliphatic heterocycles. The fourth-order valence-electron chi connectivity index (χ4n) is 2.77. The first-order chi connectivity index (χ1) is 14.2. The monoisotopic (exact) mass is 434 g/mol. The van der Waals surface area contributed by atoms with Gasteiger partial charge in [0.15, 0.2) is 0 Å². The summed E-state index contributed by atoms with van der Waals surface area (Å²) in [6.45, 7) is -0.534. The zero-order chi connectivity index (χ0) is 21.8. The van der Waals surface area contributed by atoms with Crippen molar-refractivity contribution in [3.8, 4) is 11.1 Å². The molecule has 3 aromatic carbocycles. The lowest BCUT2D eigenvalue weighted by atomic mass is 10.0. The van der Waals surface area contributed by atoms with Gasteiger partial charge >= 0.3 is 6.18 Å². The van der Waals surface area contributed by atoms with Crippen LogP contribution in [-0.4, -0.2) is 20.9 Å². The van der Waals surface area contributed by atoms with Crippen LogP contribution >= 0.6 is 0 Å². The van der Waals surface area contributed by atoms with Gasteiger partial charge in [0.1, 0.15) is 0 Å². The molecule has 156 valence electrons. The standard InChI is InChI=1S/C21H17F3N2O3S/c22-21(23,24)16-8-6-7-15(13-16)18-11-4-5-12-19(18)30(28,29)25-14-20(27)26-17-9-2-1-3-10-17/h1-13,25H,14H2,(H,26,27). The van der Waals surface area contributed by atoms with E-state index in [-0.39, 0.29) is 16.0 Å². The summed E-state index contributed by atoms with van der Waals surface area (Å²) in [5, 5.41) is 2.55. The minimum Gasteiger partial charge on any atom is -0.325 e. The number of anilines is 1. The molecular formula is C21H17F3N2O3S. The van der Waals surface area contributed by atoms with Crippen molar-refractivity contribution in [2.75, 3.05) is 11.9 Å². The van der Waals surface area contributed by atoms with Crippen molar-refractivity contribution in [3.05, 3.63) is 84.4 Å². The summed E-state index contributed by atoms with van der Waals surface area (Å²) in [5.41, 5.74) is -0.187. The molecule has 0 atom stereocenters. The third kappa shape index (κ3) is 5.25. The normalized spacial score (nSPS) is 11.8. The van der Waals surface area contributed by atoms with E-state index in [1.807, 2.05) is 0 Å². The molecule has 0 aliphatic carbocycles. The zero-order valence-electron chi connectivity index (χ0n) is 15.5. The van der Waals surface area contributed by atoms with Crippen LogP contribution in [0.5, 0.6) is 0 Å². The molecule has 0 heterocycles. The molecule has 9 heteroatoms. The fraction of sp³-hybridized carbons (Fsp3) is 0.0952. The molecule has 5 nitrogen and oxygen atoms in total. The maximum Gasteiger partial charge on any atom is 0.416 e. The van der Waals surface area contributed by atoms with E-state index in [1.54, 1.807) is 30.3 Å². The number of halogens is 3. The van der Waals surface area contributed by atoms with E-state index in [0.717, 1.165) is 12.1 Å². The molecule has 0 aliphatic rings. The molecule has 3 aromatic rings. The molecule has 0 saturated carbocycles. The number of carbonyl (C=O) groups excluding carboxylic acids is 1. The zero-order valence-corrected chi connectivity index (χ0v) is 16.3. The molecule has 0 spiro atoms. The van der Waals surface area contributed by atoms with Gasteiger partial charge in [-0.3, -0.25) is 4.79 Å². The van der Waals surface area contributed by atoms with E-state index < -0.39 is 34.2 Å². The number of sulfonamides is 1. The van der Waals surface area contributed by atoms with Gasteiger partial charge in [0.25, 0.3) is 0 Å². The van der Waals surface area contributed by atoms with Crippen LogP contribution in [0.15, 0.2) is 83.8 Å². The highest BCUT2D eigenvalue weighted by atomic mass is 32.2. The quantitative estimate of drug-likeness (QED) is 0.608. The summed E-state index contributed by atoms with van der Waals surface area (Å²) in [7, 11) is -4.17. The Morgan fingerprint density at radius 1 is 0.867 bits per heavy atom. The molecule has 30 heavy (non-hydrogen) atoms. The summed E-state index contributed by atoms with van der Waals surface area (Å²) in [5.74, 6) is -0.582. The smallest absolute Gasteiger partial charge is 0.325 e. The minimum absolute atomic E-state index is 0.0968. The van der Waals surface area contributed by atoms with Crippen LogP contribution in [0, 0.1) is 0 Å². The summed E-state index contributed by atoms with van der Waals surface area (Å²) in [6, 6.07) is 18.6. The third-order valence-electron chi connectivity index (χ3n) is 4.16. The van der Waals surface area contributed by atoms with Gasteiger partial charge in [0.2, 0.25) is 15.9 Å². The largest absolute Gasteiger partial charge is 0.416 e. The number of carbonyl (C=O) groups is 1. The van der Waals surface area contributed by atoms with Crippen molar-refractivity contribution < 1.29 is 26.4 Å². The van der Waals surface area contributed by atoms with Gasteiger partial charge in [-0.2, -0.15) is 13.2 Å². The van der Waals surface area contributed by atoms with Gasteiger partial charge < -0.3 is 5.32 Å². The molecular weight excluding hydrogens is 417 g/mol. The fourth-order valence-corrected chi connectivity index (χ4v) is 3.98. The molecule has 0 bridgehead atoms. The van der Waals surface area contributed by atoms with Crippen molar-refractivity contribution in [2.24, 2.45) is 0 Å². The number of nitrogens with one attached hydrogen (secondary N) is 2. The third-order valence-corrected chi connectivity index (χ3v) is 5.62. The van der Waals surface area contributed by atoms with E-state index in [1.165, 1.54) is 36.4 Å². The number of hydrogen-bond donors (Lipinski definition) is 2. The number of benzene rings is 3. The lowest BCUT2D eigenvalue weighted by molar-refractivity contribution is -0.137. The SMILES string of the molecule is O=C(CNS(=O)(=O)c1ccccc1-c1cccc(C(F)(F)F)c1)Nc1ccccc1. The van der Waals surface area contributed by atoms with E-state index in [4.69, 9.17) is 0 Å². The Bertz CT molecular complexity index is 1150.